The van der Waals surface area contributed by atoms with Crippen LogP contribution < -0.4 is 16.0 Å². The molecule has 1 aromatic rings. The molecule has 1 aliphatic carbocycles. The first-order valence-electron chi connectivity index (χ1n) is 6.59. The molecule has 7 nitrogen and oxygen atoms in total. The van der Waals surface area contributed by atoms with Crippen molar-refractivity contribution < 1.29 is 9.72 Å². The summed E-state index contributed by atoms with van der Waals surface area (Å²) in [6, 6.07) is 4.84. The van der Waals surface area contributed by atoms with E-state index in [1.807, 2.05) is 0 Å². The van der Waals surface area contributed by atoms with E-state index in [9.17, 15) is 14.9 Å². The van der Waals surface area contributed by atoms with Gasteiger partial charge in [-0.3, -0.25) is 14.9 Å². The quantitative estimate of drug-likeness (QED) is 0.552. The lowest BCUT2D eigenvalue weighted by molar-refractivity contribution is -0.384. The fraction of sp³-hybridized carbons (Fsp3) is 0.462. The van der Waals surface area contributed by atoms with Crippen molar-refractivity contribution in [3.05, 3.63) is 33.9 Å². The molecule has 3 rings (SSSR count). The van der Waals surface area contributed by atoms with Crippen molar-refractivity contribution in [2.45, 2.75) is 6.04 Å². The van der Waals surface area contributed by atoms with Crippen molar-refractivity contribution in [3.63, 3.8) is 0 Å². The van der Waals surface area contributed by atoms with Crippen LogP contribution in [0.3, 0.4) is 0 Å². The topological polar surface area (TPSA) is 96.3 Å². The van der Waals surface area contributed by atoms with Crippen molar-refractivity contribution in [1.29, 1.82) is 0 Å². The Kier molecular flexibility index (Phi) is 3.06. The Hall–Kier alpha value is -2.15. The Morgan fingerprint density at radius 2 is 2.10 bits per heavy atom. The number of anilines is 1. The lowest BCUT2D eigenvalue weighted by Crippen LogP contribution is -2.22. The van der Waals surface area contributed by atoms with Gasteiger partial charge in [0.05, 0.1) is 4.92 Å². The SMILES string of the molecule is CNC(=O)c1ccc(NC2C3CNCC32)c([N+](=O)[O-])c1. The highest BCUT2D eigenvalue weighted by Gasteiger charge is 2.53. The van der Waals surface area contributed by atoms with Gasteiger partial charge in [0.1, 0.15) is 5.69 Å². The fourth-order valence-electron chi connectivity index (χ4n) is 2.90. The molecule has 2 unspecified atom stereocenters. The molecular weight excluding hydrogens is 260 g/mol. The minimum absolute atomic E-state index is 0.0518. The predicted molar refractivity (Wildman–Crippen MR) is 73.7 cm³/mol. The molecule has 1 aromatic carbocycles. The zero-order valence-electron chi connectivity index (χ0n) is 11.1. The van der Waals surface area contributed by atoms with Gasteiger partial charge in [-0.2, -0.15) is 0 Å². The fourth-order valence-corrected chi connectivity index (χ4v) is 2.90. The molecule has 20 heavy (non-hydrogen) atoms. The standard InChI is InChI=1S/C13H16N4O3/c1-14-13(18)7-2-3-10(11(4-7)17(19)20)16-12-8-5-15-6-9(8)12/h2-4,8-9,12,15-16H,5-6H2,1H3,(H,14,18). The summed E-state index contributed by atoms with van der Waals surface area (Å²) in [4.78, 5) is 22.2. The molecule has 0 spiro atoms. The van der Waals surface area contributed by atoms with Gasteiger partial charge < -0.3 is 16.0 Å². The summed E-state index contributed by atoms with van der Waals surface area (Å²) in [6.07, 6.45) is 0. The summed E-state index contributed by atoms with van der Waals surface area (Å²) in [5.74, 6) is 0.800. The van der Waals surface area contributed by atoms with Crippen LogP contribution in [0.5, 0.6) is 0 Å². The number of carbonyl (C=O) groups excluding carboxylic acids is 1. The number of rotatable bonds is 4. The molecule has 7 heteroatoms. The average molecular weight is 276 g/mol. The number of benzene rings is 1. The van der Waals surface area contributed by atoms with E-state index in [-0.39, 0.29) is 11.6 Å². The third-order valence-electron chi connectivity index (χ3n) is 4.10. The number of nitro benzene ring substituents is 1. The smallest absolute Gasteiger partial charge is 0.293 e. The number of hydrogen-bond acceptors (Lipinski definition) is 5. The molecule has 3 N–H and O–H groups in total. The Labute approximate surface area is 115 Å². The minimum Gasteiger partial charge on any atom is -0.376 e. The van der Waals surface area contributed by atoms with Crippen molar-refractivity contribution in [1.82, 2.24) is 10.6 Å². The molecule has 0 aromatic heterocycles. The lowest BCUT2D eigenvalue weighted by Gasteiger charge is -2.10. The first-order valence-corrected chi connectivity index (χ1v) is 6.59. The van der Waals surface area contributed by atoms with E-state index >= 15 is 0 Å². The predicted octanol–water partition coefficient (Wildman–Crippen LogP) is 0.584. The van der Waals surface area contributed by atoms with Crippen molar-refractivity contribution >= 4 is 17.3 Å². The number of hydrogen-bond donors (Lipinski definition) is 3. The summed E-state index contributed by atoms with van der Waals surface area (Å²) >= 11 is 0. The van der Waals surface area contributed by atoms with Gasteiger partial charge in [-0.1, -0.05) is 0 Å². The van der Waals surface area contributed by atoms with Crippen LogP contribution in [0.4, 0.5) is 11.4 Å². The highest BCUT2D eigenvalue weighted by Crippen LogP contribution is 2.44. The summed E-state index contributed by atoms with van der Waals surface area (Å²) in [7, 11) is 1.50. The third kappa shape index (κ3) is 2.09. The van der Waals surface area contributed by atoms with E-state index in [1.165, 1.54) is 13.1 Å². The van der Waals surface area contributed by atoms with Crippen LogP contribution >= 0.6 is 0 Å². The Morgan fingerprint density at radius 1 is 1.40 bits per heavy atom. The Morgan fingerprint density at radius 3 is 2.70 bits per heavy atom. The normalized spacial score (nSPS) is 26.8. The van der Waals surface area contributed by atoms with Crippen molar-refractivity contribution in [2.75, 3.05) is 25.5 Å². The molecule has 0 radical (unpaired) electrons. The van der Waals surface area contributed by atoms with Crippen LogP contribution in [0, 0.1) is 22.0 Å². The molecule has 1 saturated carbocycles. The molecular formula is C13H16N4O3. The number of carbonyl (C=O) groups is 1. The molecule has 1 heterocycles. The van der Waals surface area contributed by atoms with Gasteiger partial charge in [0.2, 0.25) is 0 Å². The van der Waals surface area contributed by atoms with Gasteiger partial charge in [-0.05, 0) is 24.0 Å². The zero-order valence-corrected chi connectivity index (χ0v) is 11.1. The number of nitrogens with one attached hydrogen (secondary N) is 3. The number of fused-ring (bicyclic) bond motifs is 1. The molecule has 2 atom stereocenters. The van der Waals surface area contributed by atoms with E-state index in [0.29, 0.717) is 29.1 Å². The van der Waals surface area contributed by atoms with Gasteiger partial charge in [-0.15, -0.1) is 0 Å². The zero-order chi connectivity index (χ0) is 14.3. The van der Waals surface area contributed by atoms with Crippen LogP contribution in [-0.4, -0.2) is 37.0 Å². The summed E-state index contributed by atoms with van der Waals surface area (Å²) in [6.45, 7) is 1.93. The number of piperidine rings is 1. The molecule has 1 amide bonds. The molecule has 0 bridgehead atoms. The van der Waals surface area contributed by atoms with Crippen LogP contribution in [0.15, 0.2) is 18.2 Å². The molecule has 1 saturated heterocycles. The maximum Gasteiger partial charge on any atom is 0.293 e. The summed E-state index contributed by atoms with van der Waals surface area (Å²) in [5.41, 5.74) is 0.730. The van der Waals surface area contributed by atoms with E-state index in [1.54, 1.807) is 12.1 Å². The maximum atomic E-state index is 11.5. The maximum absolute atomic E-state index is 11.5. The van der Waals surface area contributed by atoms with Gasteiger partial charge in [0.25, 0.3) is 11.6 Å². The summed E-state index contributed by atoms with van der Waals surface area (Å²) < 4.78 is 0. The Bertz CT molecular complexity index is 565. The summed E-state index contributed by atoms with van der Waals surface area (Å²) in [5, 5.41) is 20.1. The second-order valence-electron chi connectivity index (χ2n) is 5.22. The largest absolute Gasteiger partial charge is 0.376 e. The highest BCUT2D eigenvalue weighted by atomic mass is 16.6. The second kappa shape index (κ2) is 4.75. The van der Waals surface area contributed by atoms with Crippen LogP contribution in [-0.2, 0) is 0 Å². The third-order valence-corrected chi connectivity index (χ3v) is 4.10. The van der Waals surface area contributed by atoms with Gasteiger partial charge in [0.15, 0.2) is 0 Å². The molecule has 2 aliphatic rings. The van der Waals surface area contributed by atoms with Crippen molar-refractivity contribution in [3.8, 4) is 0 Å². The van der Waals surface area contributed by atoms with Gasteiger partial charge in [-0.25, -0.2) is 0 Å². The van der Waals surface area contributed by atoms with E-state index in [2.05, 4.69) is 16.0 Å². The molecule has 106 valence electrons. The first kappa shape index (κ1) is 12.9. The number of amides is 1. The van der Waals surface area contributed by atoms with Crippen LogP contribution in [0.25, 0.3) is 0 Å². The van der Waals surface area contributed by atoms with Crippen LogP contribution in [0.1, 0.15) is 10.4 Å². The van der Waals surface area contributed by atoms with Gasteiger partial charge >= 0.3 is 0 Å². The van der Waals surface area contributed by atoms with Gasteiger partial charge in [0, 0.05) is 37.8 Å². The number of nitro groups is 1. The average Bonchev–Trinajstić information content (AvgIpc) is 2.88. The number of nitrogens with zero attached hydrogens (tertiary/aromatic N) is 1. The van der Waals surface area contributed by atoms with E-state index < -0.39 is 4.92 Å². The van der Waals surface area contributed by atoms with Crippen molar-refractivity contribution in [2.24, 2.45) is 11.8 Å². The molecule has 2 fully saturated rings. The first-order chi connectivity index (χ1) is 9.61. The van der Waals surface area contributed by atoms with E-state index in [0.717, 1.165) is 13.1 Å². The Balaban J connectivity index is 1.83. The lowest BCUT2D eigenvalue weighted by atomic mass is 10.1. The van der Waals surface area contributed by atoms with Crippen LogP contribution in [0.2, 0.25) is 0 Å². The van der Waals surface area contributed by atoms with E-state index in [4.69, 9.17) is 0 Å². The monoisotopic (exact) mass is 276 g/mol. The second-order valence-corrected chi connectivity index (χ2v) is 5.22. The minimum atomic E-state index is -0.453. The highest BCUT2D eigenvalue weighted by molar-refractivity contribution is 5.95. The molecule has 1 aliphatic heterocycles.